The van der Waals surface area contributed by atoms with Crippen LogP contribution in [-0.4, -0.2) is 27.9 Å². The Bertz CT molecular complexity index is 798. The summed E-state index contributed by atoms with van der Waals surface area (Å²) in [5, 5.41) is 14.9. The number of rotatable bonds is 6. The number of amides is 2. The van der Waals surface area contributed by atoms with E-state index in [1.165, 1.54) is 25.2 Å². The van der Waals surface area contributed by atoms with Gasteiger partial charge in [0.1, 0.15) is 5.41 Å². The highest BCUT2D eigenvalue weighted by atomic mass is 32.1. The molecule has 1 aromatic carbocycles. The van der Waals surface area contributed by atoms with E-state index in [9.17, 15) is 14.4 Å². The molecule has 0 aliphatic carbocycles. The molecular weight excluding hydrogens is 330 g/mol. The van der Waals surface area contributed by atoms with Gasteiger partial charge in [0.25, 0.3) is 0 Å². The van der Waals surface area contributed by atoms with Crippen LogP contribution in [0.1, 0.15) is 33.6 Å². The van der Waals surface area contributed by atoms with Crippen LogP contribution in [-0.2, 0) is 14.4 Å². The molecule has 0 spiro atoms. The van der Waals surface area contributed by atoms with Crippen LogP contribution in [0, 0.1) is 5.41 Å². The number of thiazole rings is 1. The van der Waals surface area contributed by atoms with E-state index in [1.807, 2.05) is 6.92 Å². The van der Waals surface area contributed by atoms with Crippen LogP contribution in [0.3, 0.4) is 0 Å². The van der Waals surface area contributed by atoms with Gasteiger partial charge in [-0.15, -0.1) is 0 Å². The quantitative estimate of drug-likeness (QED) is 0.695. The second-order valence-corrected chi connectivity index (χ2v) is 6.91. The maximum atomic E-state index is 12.1. The van der Waals surface area contributed by atoms with Crippen LogP contribution in [0.2, 0.25) is 0 Å². The fourth-order valence-electron chi connectivity index (χ4n) is 1.85. The van der Waals surface area contributed by atoms with Crippen molar-refractivity contribution in [2.24, 2.45) is 5.41 Å². The molecule has 2 amide bonds. The number of nitrogens with one attached hydrogen (secondary N) is 2. The van der Waals surface area contributed by atoms with E-state index in [-0.39, 0.29) is 5.91 Å². The number of fused-ring (bicyclic) bond motifs is 1. The van der Waals surface area contributed by atoms with Gasteiger partial charge in [0, 0.05) is 12.1 Å². The summed E-state index contributed by atoms with van der Waals surface area (Å²) in [5.41, 5.74) is -0.346. The molecule has 24 heavy (non-hydrogen) atoms. The summed E-state index contributed by atoms with van der Waals surface area (Å²) in [6.07, 6.45) is 1.19. The number of carboxylic acid groups (broad SMARTS) is 1. The standard InChI is InChI=1S/C16H19N3O4S/c1-4-5-12(20)19-15-18-10-7-6-9(8-11(10)24-15)17-13(21)16(2,3)14(22)23/h6-8H,4-5H2,1-3H3,(H,17,21)(H,22,23)(H,18,19,20). The van der Waals surface area contributed by atoms with Gasteiger partial charge in [0.15, 0.2) is 5.13 Å². The Hall–Kier alpha value is -2.48. The molecule has 0 saturated heterocycles. The number of nitrogens with zero attached hydrogens (tertiary/aromatic N) is 1. The van der Waals surface area contributed by atoms with E-state index in [2.05, 4.69) is 15.6 Å². The summed E-state index contributed by atoms with van der Waals surface area (Å²) in [4.78, 5) is 39.1. The Morgan fingerprint density at radius 1 is 1.25 bits per heavy atom. The van der Waals surface area contributed by atoms with Crippen molar-refractivity contribution in [3.63, 3.8) is 0 Å². The largest absolute Gasteiger partial charge is 0.480 e. The van der Waals surface area contributed by atoms with E-state index in [1.54, 1.807) is 18.2 Å². The molecule has 1 aromatic heterocycles. The average Bonchev–Trinajstić information content (AvgIpc) is 2.88. The smallest absolute Gasteiger partial charge is 0.318 e. The Balaban J connectivity index is 2.18. The zero-order chi connectivity index (χ0) is 17.9. The van der Waals surface area contributed by atoms with Crippen LogP contribution >= 0.6 is 11.3 Å². The number of benzene rings is 1. The SMILES string of the molecule is CCCC(=O)Nc1nc2ccc(NC(=O)C(C)(C)C(=O)O)cc2s1. The lowest BCUT2D eigenvalue weighted by Crippen LogP contribution is -2.37. The minimum atomic E-state index is -1.53. The van der Waals surface area contributed by atoms with Crippen LogP contribution in [0.15, 0.2) is 18.2 Å². The molecule has 128 valence electrons. The summed E-state index contributed by atoms with van der Waals surface area (Å²) in [5.74, 6) is -1.89. The summed E-state index contributed by atoms with van der Waals surface area (Å²) >= 11 is 1.30. The third-order valence-corrected chi connectivity index (χ3v) is 4.41. The first-order valence-electron chi connectivity index (χ1n) is 7.49. The second-order valence-electron chi connectivity index (χ2n) is 5.88. The number of anilines is 2. The molecule has 1 heterocycles. The summed E-state index contributed by atoms with van der Waals surface area (Å²) < 4.78 is 0.785. The minimum absolute atomic E-state index is 0.0895. The lowest BCUT2D eigenvalue weighted by Gasteiger charge is -2.18. The molecule has 0 fully saturated rings. The first kappa shape index (κ1) is 17.9. The highest BCUT2D eigenvalue weighted by Gasteiger charge is 2.36. The van der Waals surface area contributed by atoms with Crippen molar-refractivity contribution < 1.29 is 19.5 Å². The van der Waals surface area contributed by atoms with Crippen molar-refractivity contribution in [1.29, 1.82) is 0 Å². The molecule has 2 rings (SSSR count). The van der Waals surface area contributed by atoms with Gasteiger partial charge < -0.3 is 15.7 Å². The van der Waals surface area contributed by atoms with E-state index < -0.39 is 17.3 Å². The molecule has 0 aliphatic rings. The van der Waals surface area contributed by atoms with Gasteiger partial charge in [-0.25, -0.2) is 4.98 Å². The molecule has 2 aromatic rings. The Kier molecular flexibility index (Phi) is 5.18. The first-order valence-corrected chi connectivity index (χ1v) is 8.31. The number of carbonyl (C=O) groups is 3. The summed E-state index contributed by atoms with van der Waals surface area (Å²) in [6, 6.07) is 5.07. The average molecular weight is 349 g/mol. The summed E-state index contributed by atoms with van der Waals surface area (Å²) in [7, 11) is 0. The van der Waals surface area contributed by atoms with Gasteiger partial charge in [-0.1, -0.05) is 18.3 Å². The van der Waals surface area contributed by atoms with Crippen molar-refractivity contribution in [2.45, 2.75) is 33.6 Å². The highest BCUT2D eigenvalue weighted by molar-refractivity contribution is 7.22. The fourth-order valence-corrected chi connectivity index (χ4v) is 2.77. The zero-order valence-electron chi connectivity index (χ0n) is 13.7. The number of aliphatic carboxylic acids is 1. The lowest BCUT2D eigenvalue weighted by atomic mass is 9.92. The summed E-state index contributed by atoms with van der Waals surface area (Å²) in [6.45, 7) is 4.61. The minimum Gasteiger partial charge on any atom is -0.480 e. The molecule has 0 atom stereocenters. The van der Waals surface area contributed by atoms with Gasteiger partial charge in [0.2, 0.25) is 11.8 Å². The van der Waals surface area contributed by atoms with Gasteiger partial charge in [-0.2, -0.15) is 0 Å². The topological polar surface area (TPSA) is 108 Å². The van der Waals surface area contributed by atoms with Crippen molar-refractivity contribution >= 4 is 50.2 Å². The number of carboxylic acids is 1. The number of hydrogen-bond donors (Lipinski definition) is 3. The monoisotopic (exact) mass is 349 g/mol. The van der Waals surface area contributed by atoms with E-state index in [0.717, 1.165) is 11.1 Å². The van der Waals surface area contributed by atoms with Crippen LogP contribution in [0.25, 0.3) is 10.2 Å². The van der Waals surface area contributed by atoms with Crippen molar-refractivity contribution in [2.75, 3.05) is 10.6 Å². The van der Waals surface area contributed by atoms with Crippen molar-refractivity contribution in [3.05, 3.63) is 18.2 Å². The molecule has 0 unspecified atom stereocenters. The maximum Gasteiger partial charge on any atom is 0.318 e. The predicted molar refractivity (Wildman–Crippen MR) is 93.2 cm³/mol. The second kappa shape index (κ2) is 6.96. The van der Waals surface area contributed by atoms with Gasteiger partial charge >= 0.3 is 5.97 Å². The molecule has 0 bridgehead atoms. The predicted octanol–water partition coefficient (Wildman–Crippen LogP) is 3.08. The molecule has 0 aliphatic heterocycles. The lowest BCUT2D eigenvalue weighted by molar-refractivity contribution is -0.151. The maximum absolute atomic E-state index is 12.1. The van der Waals surface area contributed by atoms with Crippen LogP contribution in [0.5, 0.6) is 0 Å². The molecule has 7 nitrogen and oxygen atoms in total. The van der Waals surface area contributed by atoms with Gasteiger partial charge in [-0.3, -0.25) is 14.4 Å². The van der Waals surface area contributed by atoms with Gasteiger partial charge in [-0.05, 0) is 38.5 Å². The number of aromatic nitrogens is 1. The Labute approximate surface area is 143 Å². The zero-order valence-corrected chi connectivity index (χ0v) is 14.5. The Morgan fingerprint density at radius 3 is 2.58 bits per heavy atom. The third-order valence-electron chi connectivity index (χ3n) is 3.47. The molecule has 0 saturated carbocycles. The van der Waals surface area contributed by atoms with E-state index >= 15 is 0 Å². The van der Waals surface area contributed by atoms with E-state index in [4.69, 9.17) is 5.11 Å². The van der Waals surface area contributed by atoms with Crippen molar-refractivity contribution in [1.82, 2.24) is 4.98 Å². The highest BCUT2D eigenvalue weighted by Crippen LogP contribution is 2.29. The third kappa shape index (κ3) is 3.88. The normalized spacial score (nSPS) is 11.3. The van der Waals surface area contributed by atoms with Gasteiger partial charge in [0.05, 0.1) is 10.2 Å². The molecule has 8 heteroatoms. The Morgan fingerprint density at radius 2 is 1.96 bits per heavy atom. The molecule has 3 N–H and O–H groups in total. The molecule has 0 radical (unpaired) electrons. The molecular formula is C16H19N3O4S. The van der Waals surface area contributed by atoms with Crippen LogP contribution < -0.4 is 10.6 Å². The van der Waals surface area contributed by atoms with E-state index in [0.29, 0.717) is 22.8 Å². The number of carbonyl (C=O) groups excluding carboxylic acids is 2. The first-order chi connectivity index (χ1) is 11.2. The van der Waals surface area contributed by atoms with Crippen molar-refractivity contribution in [3.8, 4) is 0 Å². The van der Waals surface area contributed by atoms with Crippen LogP contribution in [0.4, 0.5) is 10.8 Å². The number of hydrogen-bond acceptors (Lipinski definition) is 5. The fraction of sp³-hybridized carbons (Fsp3) is 0.375.